The van der Waals surface area contributed by atoms with Crippen LogP contribution in [0.2, 0.25) is 0 Å². The Labute approximate surface area is 173 Å². The maximum absolute atomic E-state index is 13.1. The van der Waals surface area contributed by atoms with E-state index in [2.05, 4.69) is 5.32 Å². The van der Waals surface area contributed by atoms with Gasteiger partial charge in [-0.1, -0.05) is 6.92 Å². The maximum Gasteiger partial charge on any atom is 0.333 e. The van der Waals surface area contributed by atoms with E-state index < -0.39 is 23.7 Å². The summed E-state index contributed by atoms with van der Waals surface area (Å²) in [7, 11) is 1.55. The number of rotatable bonds is 7. The summed E-state index contributed by atoms with van der Waals surface area (Å²) in [4.78, 5) is 40.4. The summed E-state index contributed by atoms with van der Waals surface area (Å²) in [6.07, 6.45) is 0.656. The molecule has 0 atom stereocenters. The number of aromatic nitrogens is 2. The van der Waals surface area contributed by atoms with Gasteiger partial charge in [-0.25, -0.2) is 9.36 Å². The third-order valence-electron chi connectivity index (χ3n) is 4.89. The van der Waals surface area contributed by atoms with Crippen LogP contribution >= 0.6 is 0 Å². The second-order valence-electron chi connectivity index (χ2n) is 6.94. The van der Waals surface area contributed by atoms with Crippen LogP contribution in [0.1, 0.15) is 13.3 Å². The fraction of sp³-hybridized carbons (Fsp3) is 0.450. The Bertz CT molecular complexity index is 1010. The van der Waals surface area contributed by atoms with Gasteiger partial charge >= 0.3 is 5.69 Å². The fourth-order valence-corrected chi connectivity index (χ4v) is 3.38. The molecule has 10 heteroatoms. The molecule has 0 unspecified atom stereocenters. The zero-order valence-corrected chi connectivity index (χ0v) is 17.2. The van der Waals surface area contributed by atoms with Crippen molar-refractivity contribution in [1.82, 2.24) is 9.13 Å². The molecule has 30 heavy (non-hydrogen) atoms. The highest BCUT2D eigenvalue weighted by molar-refractivity contribution is 5.90. The Balaban J connectivity index is 1.93. The first kappa shape index (κ1) is 21.4. The molecule has 1 aromatic carbocycles. The molecule has 0 bridgehead atoms. The first-order valence-electron chi connectivity index (χ1n) is 9.86. The zero-order chi connectivity index (χ0) is 21.7. The van der Waals surface area contributed by atoms with Crippen molar-refractivity contribution in [3.8, 4) is 5.75 Å². The van der Waals surface area contributed by atoms with Crippen molar-refractivity contribution in [2.75, 3.05) is 49.4 Å². The number of morpholine rings is 1. The molecule has 3 rings (SSSR count). The highest BCUT2D eigenvalue weighted by Gasteiger charge is 2.24. The van der Waals surface area contributed by atoms with Crippen molar-refractivity contribution in [3.63, 3.8) is 0 Å². The number of ether oxygens (including phenoxy) is 2. The molecule has 1 fully saturated rings. The Morgan fingerprint density at radius 3 is 2.43 bits per heavy atom. The van der Waals surface area contributed by atoms with Crippen LogP contribution < -0.4 is 31.9 Å². The molecule has 0 saturated carbocycles. The van der Waals surface area contributed by atoms with Gasteiger partial charge in [-0.3, -0.25) is 14.2 Å². The van der Waals surface area contributed by atoms with Crippen LogP contribution in [-0.4, -0.2) is 48.5 Å². The smallest absolute Gasteiger partial charge is 0.333 e. The van der Waals surface area contributed by atoms with Gasteiger partial charge in [0.25, 0.3) is 5.56 Å². The van der Waals surface area contributed by atoms with E-state index in [9.17, 15) is 14.4 Å². The SMILES string of the molecule is CCCn1c(N)c(N2CCOCC2)c(=O)n(CC(=O)Nc2ccc(OC)cc2)c1=O. The van der Waals surface area contributed by atoms with Crippen LogP contribution in [0.5, 0.6) is 5.75 Å². The number of anilines is 3. The van der Waals surface area contributed by atoms with Crippen LogP contribution in [0.3, 0.4) is 0 Å². The number of hydrogen-bond acceptors (Lipinski definition) is 7. The van der Waals surface area contributed by atoms with Gasteiger partial charge in [0.05, 0.1) is 20.3 Å². The Kier molecular flexibility index (Phi) is 6.78. The molecule has 0 radical (unpaired) electrons. The molecule has 1 saturated heterocycles. The third kappa shape index (κ3) is 4.48. The van der Waals surface area contributed by atoms with Crippen molar-refractivity contribution in [1.29, 1.82) is 0 Å². The van der Waals surface area contributed by atoms with E-state index in [1.165, 1.54) is 4.57 Å². The second kappa shape index (κ2) is 9.49. The number of methoxy groups -OCH3 is 1. The van der Waals surface area contributed by atoms with E-state index in [-0.39, 0.29) is 11.5 Å². The standard InChI is InChI=1S/C20H27N5O5/c1-3-8-24-18(21)17(23-9-11-30-12-10-23)19(27)25(20(24)28)13-16(26)22-14-4-6-15(29-2)7-5-14/h4-7H,3,8-13,21H2,1-2H3,(H,22,26). The number of carbonyl (C=O) groups excluding carboxylic acids is 1. The minimum absolute atomic E-state index is 0.126. The van der Waals surface area contributed by atoms with E-state index in [4.69, 9.17) is 15.2 Å². The van der Waals surface area contributed by atoms with Crippen molar-refractivity contribution in [2.24, 2.45) is 0 Å². The lowest BCUT2D eigenvalue weighted by atomic mass is 10.3. The summed E-state index contributed by atoms with van der Waals surface area (Å²) in [5.74, 6) is 0.293. The molecule has 0 spiro atoms. The van der Waals surface area contributed by atoms with E-state index >= 15 is 0 Å². The van der Waals surface area contributed by atoms with Crippen molar-refractivity contribution >= 4 is 23.1 Å². The lowest BCUT2D eigenvalue weighted by Gasteiger charge is -2.30. The predicted molar refractivity (Wildman–Crippen MR) is 114 cm³/mol. The van der Waals surface area contributed by atoms with Gasteiger partial charge in [0.2, 0.25) is 5.91 Å². The fourth-order valence-electron chi connectivity index (χ4n) is 3.38. The lowest BCUT2D eigenvalue weighted by molar-refractivity contribution is -0.116. The minimum atomic E-state index is -0.596. The van der Waals surface area contributed by atoms with E-state index in [0.717, 1.165) is 4.57 Å². The second-order valence-corrected chi connectivity index (χ2v) is 6.94. The number of nitrogens with two attached hydrogens (primary N) is 1. The number of nitrogens with zero attached hydrogens (tertiary/aromatic N) is 3. The van der Waals surface area contributed by atoms with Crippen LogP contribution in [0.4, 0.5) is 17.2 Å². The molecule has 1 aliphatic rings. The van der Waals surface area contributed by atoms with Gasteiger partial charge in [0, 0.05) is 25.3 Å². The average Bonchev–Trinajstić information content (AvgIpc) is 2.75. The Morgan fingerprint density at radius 1 is 1.17 bits per heavy atom. The molecular weight excluding hydrogens is 390 g/mol. The summed E-state index contributed by atoms with van der Waals surface area (Å²) in [5, 5.41) is 2.69. The van der Waals surface area contributed by atoms with E-state index in [1.807, 2.05) is 11.8 Å². The molecule has 1 amide bonds. The van der Waals surface area contributed by atoms with Gasteiger partial charge in [-0.05, 0) is 30.7 Å². The molecule has 3 N–H and O–H groups in total. The quantitative estimate of drug-likeness (QED) is 0.672. The molecule has 2 aromatic rings. The monoisotopic (exact) mass is 417 g/mol. The topological polar surface area (TPSA) is 121 Å². The van der Waals surface area contributed by atoms with Crippen molar-refractivity contribution in [2.45, 2.75) is 26.4 Å². The number of nitrogen functional groups attached to an aromatic ring is 1. The number of hydrogen-bond donors (Lipinski definition) is 2. The summed E-state index contributed by atoms with van der Waals surface area (Å²) in [5.41, 5.74) is 5.81. The number of benzene rings is 1. The highest BCUT2D eigenvalue weighted by atomic mass is 16.5. The summed E-state index contributed by atoms with van der Waals surface area (Å²) in [6.45, 7) is 3.75. The zero-order valence-electron chi connectivity index (χ0n) is 17.2. The average molecular weight is 417 g/mol. The van der Waals surface area contributed by atoms with Crippen LogP contribution in [0.15, 0.2) is 33.9 Å². The highest BCUT2D eigenvalue weighted by Crippen LogP contribution is 2.19. The normalized spacial score (nSPS) is 13.9. The van der Waals surface area contributed by atoms with Crippen LogP contribution in [-0.2, 0) is 22.6 Å². The summed E-state index contributed by atoms with van der Waals surface area (Å²) in [6, 6.07) is 6.76. The van der Waals surface area contributed by atoms with Crippen molar-refractivity contribution in [3.05, 3.63) is 45.1 Å². The molecule has 2 heterocycles. The maximum atomic E-state index is 13.1. The molecular formula is C20H27N5O5. The molecule has 1 aromatic heterocycles. The first-order valence-corrected chi connectivity index (χ1v) is 9.86. The van der Waals surface area contributed by atoms with Crippen molar-refractivity contribution < 1.29 is 14.3 Å². The number of amides is 1. The number of carbonyl (C=O) groups is 1. The predicted octanol–water partition coefficient (Wildman–Crippen LogP) is 0.486. The van der Waals surface area contributed by atoms with E-state index in [1.54, 1.807) is 31.4 Å². The Hall–Kier alpha value is -3.27. The largest absolute Gasteiger partial charge is 0.497 e. The third-order valence-corrected chi connectivity index (χ3v) is 4.89. The molecule has 162 valence electrons. The van der Waals surface area contributed by atoms with Gasteiger partial charge in [-0.2, -0.15) is 0 Å². The number of nitrogens with one attached hydrogen (secondary N) is 1. The van der Waals surface area contributed by atoms with Gasteiger partial charge in [0.1, 0.15) is 23.8 Å². The summed E-state index contributed by atoms with van der Waals surface area (Å²) < 4.78 is 12.7. The van der Waals surface area contributed by atoms with Gasteiger partial charge < -0.3 is 25.4 Å². The molecule has 1 aliphatic heterocycles. The summed E-state index contributed by atoms with van der Waals surface area (Å²) >= 11 is 0. The first-order chi connectivity index (χ1) is 14.5. The Morgan fingerprint density at radius 2 is 1.83 bits per heavy atom. The molecule has 0 aliphatic carbocycles. The van der Waals surface area contributed by atoms with Gasteiger partial charge in [-0.15, -0.1) is 0 Å². The van der Waals surface area contributed by atoms with Gasteiger partial charge in [0.15, 0.2) is 0 Å². The van der Waals surface area contributed by atoms with E-state index in [0.29, 0.717) is 50.7 Å². The minimum Gasteiger partial charge on any atom is -0.497 e. The lowest BCUT2D eigenvalue weighted by Crippen LogP contribution is -2.48. The molecule has 10 nitrogen and oxygen atoms in total. The van der Waals surface area contributed by atoms with Crippen LogP contribution in [0, 0.1) is 0 Å². The van der Waals surface area contributed by atoms with Crippen LogP contribution in [0.25, 0.3) is 0 Å².